The summed E-state index contributed by atoms with van der Waals surface area (Å²) in [7, 11) is 0. The van der Waals surface area contributed by atoms with E-state index >= 15 is 0 Å². The largest absolute Gasteiger partial charge is 0.394 e. The van der Waals surface area contributed by atoms with Crippen LogP contribution in [0.5, 0.6) is 0 Å². The lowest BCUT2D eigenvalue weighted by Crippen LogP contribution is -2.10. The Hall–Kier alpha value is -0.700. The van der Waals surface area contributed by atoms with Gasteiger partial charge in [-0.15, -0.1) is 12.4 Å². The van der Waals surface area contributed by atoms with E-state index in [2.05, 4.69) is 5.16 Å². The highest BCUT2D eigenvalue weighted by molar-refractivity contribution is 5.85. The fourth-order valence-electron chi connectivity index (χ4n) is 1.37. The van der Waals surface area contributed by atoms with E-state index in [0.717, 1.165) is 17.1 Å². The molecule has 4 heteroatoms. The summed E-state index contributed by atoms with van der Waals surface area (Å²) in [6.07, 6.45) is 3.74. The highest BCUT2D eigenvalue weighted by Crippen LogP contribution is 2.38. The van der Waals surface area contributed by atoms with Crippen LogP contribution >= 0.6 is 12.4 Å². The molecule has 0 radical (unpaired) electrons. The zero-order valence-electron chi connectivity index (χ0n) is 7.04. The number of hydrogen-bond donors (Lipinski definition) is 1. The topological polar surface area (TPSA) is 52.0 Å². The molecule has 0 aromatic carbocycles. The third-order valence-electron chi connectivity index (χ3n) is 2.43. The van der Waals surface area contributed by atoms with Crippen molar-refractivity contribution < 1.29 is 4.52 Å². The van der Waals surface area contributed by atoms with Crippen molar-refractivity contribution in [2.75, 3.05) is 5.73 Å². The average Bonchev–Trinajstić information content (AvgIpc) is 2.15. The number of halogens is 1. The number of hydrogen-bond acceptors (Lipinski definition) is 3. The molecule has 12 heavy (non-hydrogen) atoms. The third-order valence-corrected chi connectivity index (χ3v) is 2.43. The molecule has 0 aliphatic heterocycles. The summed E-state index contributed by atoms with van der Waals surface area (Å²) in [4.78, 5) is 0. The molecule has 68 valence electrons. The van der Waals surface area contributed by atoms with Gasteiger partial charge < -0.3 is 10.3 Å². The molecule has 0 spiro atoms. The normalized spacial score (nSPS) is 16.8. The average molecular weight is 189 g/mol. The van der Waals surface area contributed by atoms with Crippen LogP contribution in [0.2, 0.25) is 0 Å². The molecule has 1 aliphatic rings. The molecule has 2 rings (SSSR count). The zero-order valence-corrected chi connectivity index (χ0v) is 7.86. The molecule has 0 atom stereocenters. The Balaban J connectivity index is 0.000000720. The lowest BCUT2D eigenvalue weighted by molar-refractivity contribution is 0.354. The fourth-order valence-corrected chi connectivity index (χ4v) is 1.37. The van der Waals surface area contributed by atoms with Gasteiger partial charge in [0.1, 0.15) is 5.69 Å². The number of rotatable bonds is 1. The predicted octanol–water partition coefficient (Wildman–Crippen LogP) is 2.25. The van der Waals surface area contributed by atoms with Crippen molar-refractivity contribution in [3.8, 4) is 0 Å². The first-order chi connectivity index (χ1) is 5.29. The van der Waals surface area contributed by atoms with E-state index in [9.17, 15) is 0 Å². The number of aromatic nitrogens is 1. The quantitative estimate of drug-likeness (QED) is 0.736. The Labute approximate surface area is 77.7 Å². The molecule has 0 saturated heterocycles. The van der Waals surface area contributed by atoms with E-state index in [1.165, 1.54) is 19.3 Å². The van der Waals surface area contributed by atoms with E-state index in [1.54, 1.807) is 0 Å². The number of aryl methyl sites for hydroxylation is 1. The second-order valence-electron chi connectivity index (χ2n) is 3.17. The van der Waals surface area contributed by atoms with Gasteiger partial charge in [-0.1, -0.05) is 11.6 Å². The van der Waals surface area contributed by atoms with E-state index in [1.807, 2.05) is 6.92 Å². The lowest BCUT2D eigenvalue weighted by Gasteiger charge is -2.22. The van der Waals surface area contributed by atoms with Crippen LogP contribution in [0.25, 0.3) is 0 Å². The van der Waals surface area contributed by atoms with Crippen molar-refractivity contribution in [1.82, 2.24) is 5.16 Å². The SMILES string of the molecule is Cc1onc(C2CCC2)c1N.Cl. The van der Waals surface area contributed by atoms with Crippen LogP contribution in [0, 0.1) is 6.92 Å². The fraction of sp³-hybridized carbons (Fsp3) is 0.625. The van der Waals surface area contributed by atoms with Gasteiger partial charge in [-0.2, -0.15) is 0 Å². The molecular formula is C8H13ClN2O. The van der Waals surface area contributed by atoms with E-state index in [4.69, 9.17) is 10.3 Å². The second kappa shape index (κ2) is 3.35. The summed E-state index contributed by atoms with van der Waals surface area (Å²) in [5, 5.41) is 3.94. The van der Waals surface area contributed by atoms with Crippen LogP contribution in [0.1, 0.15) is 36.6 Å². The lowest BCUT2D eigenvalue weighted by atomic mass is 9.82. The van der Waals surface area contributed by atoms with E-state index < -0.39 is 0 Å². The molecule has 0 amide bonds. The van der Waals surface area contributed by atoms with Crippen molar-refractivity contribution >= 4 is 18.1 Å². The molecule has 0 bridgehead atoms. The minimum Gasteiger partial charge on any atom is -0.394 e. The molecule has 2 N–H and O–H groups in total. The Morgan fingerprint density at radius 1 is 1.50 bits per heavy atom. The van der Waals surface area contributed by atoms with Crippen molar-refractivity contribution in [3.63, 3.8) is 0 Å². The monoisotopic (exact) mass is 188 g/mol. The first-order valence-corrected chi connectivity index (χ1v) is 4.00. The summed E-state index contributed by atoms with van der Waals surface area (Å²) in [5.74, 6) is 1.33. The minimum atomic E-state index is 0. The molecule has 1 aromatic heterocycles. The second-order valence-corrected chi connectivity index (χ2v) is 3.17. The van der Waals surface area contributed by atoms with Gasteiger partial charge in [0, 0.05) is 5.92 Å². The molecule has 1 heterocycles. The molecular weight excluding hydrogens is 176 g/mol. The Morgan fingerprint density at radius 2 is 2.17 bits per heavy atom. The van der Waals surface area contributed by atoms with Gasteiger partial charge in [-0.25, -0.2) is 0 Å². The van der Waals surface area contributed by atoms with Crippen LogP contribution in [-0.2, 0) is 0 Å². The summed E-state index contributed by atoms with van der Waals surface area (Å²) in [6.45, 7) is 1.85. The van der Waals surface area contributed by atoms with E-state index in [0.29, 0.717) is 5.92 Å². The maximum absolute atomic E-state index is 5.76. The van der Waals surface area contributed by atoms with Crippen LogP contribution in [-0.4, -0.2) is 5.16 Å². The van der Waals surface area contributed by atoms with Crippen molar-refractivity contribution in [2.45, 2.75) is 32.1 Å². The molecule has 0 unspecified atom stereocenters. The summed E-state index contributed by atoms with van der Waals surface area (Å²) in [5.41, 5.74) is 7.50. The first kappa shape index (κ1) is 9.39. The van der Waals surface area contributed by atoms with Crippen LogP contribution in [0.3, 0.4) is 0 Å². The molecule has 1 aliphatic carbocycles. The number of anilines is 1. The Kier molecular flexibility index (Phi) is 2.62. The van der Waals surface area contributed by atoms with Gasteiger partial charge in [0.25, 0.3) is 0 Å². The molecule has 1 saturated carbocycles. The standard InChI is InChI=1S/C8H12N2O.ClH/c1-5-7(9)8(10-11-5)6-3-2-4-6;/h6H,2-4,9H2,1H3;1H. The first-order valence-electron chi connectivity index (χ1n) is 4.00. The van der Waals surface area contributed by atoms with Gasteiger partial charge in [0.05, 0.1) is 5.69 Å². The molecule has 3 nitrogen and oxygen atoms in total. The highest BCUT2D eigenvalue weighted by atomic mass is 35.5. The van der Waals surface area contributed by atoms with Gasteiger partial charge in [-0.05, 0) is 19.8 Å². The Morgan fingerprint density at radius 3 is 2.50 bits per heavy atom. The maximum atomic E-state index is 5.76. The van der Waals surface area contributed by atoms with Crippen molar-refractivity contribution in [1.29, 1.82) is 0 Å². The number of nitrogen functional groups attached to an aromatic ring is 1. The van der Waals surface area contributed by atoms with Crippen LogP contribution in [0.15, 0.2) is 4.52 Å². The van der Waals surface area contributed by atoms with Crippen LogP contribution < -0.4 is 5.73 Å². The van der Waals surface area contributed by atoms with Gasteiger partial charge >= 0.3 is 0 Å². The smallest absolute Gasteiger partial charge is 0.156 e. The third kappa shape index (κ3) is 1.29. The van der Waals surface area contributed by atoms with Gasteiger partial charge in [-0.3, -0.25) is 0 Å². The van der Waals surface area contributed by atoms with Gasteiger partial charge in [0.2, 0.25) is 0 Å². The summed E-state index contributed by atoms with van der Waals surface area (Å²) < 4.78 is 4.98. The van der Waals surface area contributed by atoms with Crippen molar-refractivity contribution in [2.24, 2.45) is 0 Å². The minimum absolute atomic E-state index is 0. The van der Waals surface area contributed by atoms with E-state index in [-0.39, 0.29) is 12.4 Å². The zero-order chi connectivity index (χ0) is 7.84. The highest BCUT2D eigenvalue weighted by Gasteiger charge is 2.25. The molecule has 1 aromatic rings. The number of nitrogens with two attached hydrogens (primary N) is 1. The maximum Gasteiger partial charge on any atom is 0.156 e. The predicted molar refractivity (Wildman–Crippen MR) is 49.5 cm³/mol. The van der Waals surface area contributed by atoms with Gasteiger partial charge in [0.15, 0.2) is 5.76 Å². The Bertz CT molecular complexity index is 268. The summed E-state index contributed by atoms with van der Waals surface area (Å²) >= 11 is 0. The summed E-state index contributed by atoms with van der Waals surface area (Å²) in [6, 6.07) is 0. The molecule has 1 fully saturated rings. The van der Waals surface area contributed by atoms with Crippen molar-refractivity contribution in [3.05, 3.63) is 11.5 Å². The van der Waals surface area contributed by atoms with Crippen LogP contribution in [0.4, 0.5) is 5.69 Å². The number of nitrogens with zero attached hydrogens (tertiary/aromatic N) is 1.